The van der Waals surface area contributed by atoms with Crippen LogP contribution < -0.4 is 0 Å². The second-order valence-corrected chi connectivity index (χ2v) is 6.12. The van der Waals surface area contributed by atoms with Crippen LogP contribution in [-0.2, 0) is 14.8 Å². The predicted molar refractivity (Wildman–Crippen MR) is 69.4 cm³/mol. The molecule has 0 aromatic rings. The first-order valence-corrected chi connectivity index (χ1v) is 7.30. The van der Waals surface area contributed by atoms with E-state index in [0.29, 0.717) is 19.4 Å². The fraction of sp³-hybridized carbons (Fsp3) is 0.500. The van der Waals surface area contributed by atoms with Gasteiger partial charge in [-0.15, -0.1) is 0 Å². The third-order valence-electron chi connectivity index (χ3n) is 2.97. The van der Waals surface area contributed by atoms with E-state index in [2.05, 4.69) is 16.8 Å². The van der Waals surface area contributed by atoms with Gasteiger partial charge in [-0.3, -0.25) is 0 Å². The Morgan fingerprint density at radius 1 is 1.63 bits per heavy atom. The molecule has 2 unspecified atom stereocenters. The molecule has 2 rings (SSSR count). The fourth-order valence-electron chi connectivity index (χ4n) is 2.00. The van der Waals surface area contributed by atoms with Crippen LogP contribution >= 0.6 is 0 Å². The highest BCUT2D eigenvalue weighted by Crippen LogP contribution is 2.23. The molecule has 0 saturated carbocycles. The van der Waals surface area contributed by atoms with Crippen LogP contribution in [0.4, 0.5) is 0 Å². The molecule has 2 heterocycles. The molecule has 0 amide bonds. The Morgan fingerprint density at radius 3 is 3.11 bits per heavy atom. The molecule has 1 fully saturated rings. The molecular weight excluding hydrogens is 266 g/mol. The number of hydrogen-bond acceptors (Lipinski definition) is 5. The Kier molecular flexibility index (Phi) is 3.89. The van der Waals surface area contributed by atoms with Gasteiger partial charge >= 0.3 is 0 Å². The monoisotopic (exact) mass is 279 g/mol. The van der Waals surface area contributed by atoms with E-state index in [1.165, 1.54) is 23.7 Å². The van der Waals surface area contributed by atoms with E-state index in [0.717, 1.165) is 0 Å². The summed E-state index contributed by atoms with van der Waals surface area (Å²) in [6, 6.07) is 1.42. The molecule has 100 valence electrons. The third kappa shape index (κ3) is 2.62. The quantitative estimate of drug-likeness (QED) is 0.678. The van der Waals surface area contributed by atoms with Crippen molar-refractivity contribution in [3.05, 3.63) is 12.3 Å². The average Bonchev–Trinajstić information content (AvgIpc) is 2.76. The maximum Gasteiger partial charge on any atom is 0.267 e. The lowest BCUT2D eigenvalue weighted by Crippen LogP contribution is -2.40. The zero-order valence-electron chi connectivity index (χ0n) is 10.4. The van der Waals surface area contributed by atoms with Crippen molar-refractivity contribution >= 4 is 15.9 Å². The largest absolute Gasteiger partial charge is 0.475 e. The van der Waals surface area contributed by atoms with E-state index in [4.69, 9.17) is 10.00 Å². The molecule has 6 nitrogen and oxygen atoms in total. The normalized spacial score (nSPS) is 26.8. The fourth-order valence-corrected chi connectivity index (χ4v) is 3.66. The van der Waals surface area contributed by atoms with Gasteiger partial charge in [-0.1, -0.05) is 5.92 Å². The van der Waals surface area contributed by atoms with Crippen molar-refractivity contribution in [3.63, 3.8) is 0 Å². The number of nitriles is 1. The number of aliphatic imine (C=N–C) groups is 1. The number of ether oxygens (including phenoxy) is 1. The van der Waals surface area contributed by atoms with Crippen molar-refractivity contribution in [2.24, 2.45) is 4.99 Å². The molecule has 2 atom stereocenters. The summed E-state index contributed by atoms with van der Waals surface area (Å²) < 4.78 is 31.0. The van der Waals surface area contributed by atoms with E-state index in [9.17, 15) is 8.42 Å². The number of nitrogens with zero attached hydrogens (tertiary/aromatic N) is 3. The van der Waals surface area contributed by atoms with E-state index >= 15 is 0 Å². The minimum atomic E-state index is -3.66. The zero-order chi connectivity index (χ0) is 13.9. The molecule has 0 aromatic carbocycles. The molecule has 0 radical (unpaired) electrons. The van der Waals surface area contributed by atoms with E-state index in [-0.39, 0.29) is 5.90 Å². The molecule has 0 bridgehead atoms. The van der Waals surface area contributed by atoms with Crippen molar-refractivity contribution in [2.75, 3.05) is 13.7 Å². The van der Waals surface area contributed by atoms with Crippen molar-refractivity contribution < 1.29 is 13.2 Å². The smallest absolute Gasteiger partial charge is 0.267 e. The van der Waals surface area contributed by atoms with Crippen LogP contribution in [0.5, 0.6) is 0 Å². The highest BCUT2D eigenvalue weighted by molar-refractivity contribution is 7.90. The maximum absolute atomic E-state index is 12.4. The SMILES string of the molecule is COC1=NC=CC(S(=O)(=O)N2CCCC2C#N)C#C1. The van der Waals surface area contributed by atoms with Crippen molar-refractivity contribution in [2.45, 2.75) is 24.1 Å². The topological polar surface area (TPSA) is 82.8 Å². The minimum Gasteiger partial charge on any atom is -0.475 e. The van der Waals surface area contributed by atoms with Gasteiger partial charge in [0.05, 0.1) is 13.2 Å². The summed E-state index contributed by atoms with van der Waals surface area (Å²) in [5, 5.41) is 7.99. The van der Waals surface area contributed by atoms with Crippen LogP contribution in [0.15, 0.2) is 17.3 Å². The number of hydrogen-bond donors (Lipinski definition) is 0. The maximum atomic E-state index is 12.4. The van der Waals surface area contributed by atoms with Crippen LogP contribution in [0.3, 0.4) is 0 Å². The summed E-state index contributed by atoms with van der Waals surface area (Å²) in [5.74, 6) is 5.36. The van der Waals surface area contributed by atoms with E-state index in [1.807, 2.05) is 6.07 Å². The number of methoxy groups -OCH3 is 1. The van der Waals surface area contributed by atoms with Gasteiger partial charge in [0.2, 0.25) is 10.0 Å². The van der Waals surface area contributed by atoms with Gasteiger partial charge in [0.1, 0.15) is 6.04 Å². The van der Waals surface area contributed by atoms with Crippen molar-refractivity contribution in [1.29, 1.82) is 5.26 Å². The molecule has 1 saturated heterocycles. The average molecular weight is 279 g/mol. The summed E-state index contributed by atoms with van der Waals surface area (Å²) >= 11 is 0. The standard InChI is InChI=1S/C12H13N3O3S/c1-18-12-5-4-11(6-7-14-12)19(16,17)15-8-2-3-10(15)9-13/h6-7,10-11H,2-3,8H2,1H3. The van der Waals surface area contributed by atoms with Gasteiger partial charge in [-0.05, 0) is 24.8 Å². The lowest BCUT2D eigenvalue weighted by Gasteiger charge is -2.21. The first-order valence-electron chi connectivity index (χ1n) is 5.80. The van der Waals surface area contributed by atoms with E-state index < -0.39 is 21.3 Å². The summed E-state index contributed by atoms with van der Waals surface area (Å²) in [6.45, 7) is 0.366. The molecule has 0 N–H and O–H groups in total. The molecule has 0 aromatic heterocycles. The highest BCUT2D eigenvalue weighted by atomic mass is 32.2. The van der Waals surface area contributed by atoms with Gasteiger partial charge in [0, 0.05) is 12.7 Å². The van der Waals surface area contributed by atoms with Crippen molar-refractivity contribution in [1.82, 2.24) is 4.31 Å². The third-order valence-corrected chi connectivity index (χ3v) is 4.98. The molecule has 0 spiro atoms. The summed E-state index contributed by atoms with van der Waals surface area (Å²) in [7, 11) is -2.24. The first kappa shape index (κ1) is 13.6. The van der Waals surface area contributed by atoms with Crippen molar-refractivity contribution in [3.8, 4) is 17.9 Å². The zero-order valence-corrected chi connectivity index (χ0v) is 11.2. The van der Waals surface area contributed by atoms with E-state index in [1.54, 1.807) is 0 Å². The highest BCUT2D eigenvalue weighted by Gasteiger charge is 2.38. The molecule has 2 aliphatic heterocycles. The summed E-state index contributed by atoms with van der Waals surface area (Å²) in [4.78, 5) is 3.86. The van der Waals surface area contributed by atoms with Crippen LogP contribution in [-0.4, -0.2) is 43.6 Å². The van der Waals surface area contributed by atoms with Gasteiger partial charge in [-0.25, -0.2) is 13.4 Å². The molecule has 0 aliphatic carbocycles. The van der Waals surface area contributed by atoms with Gasteiger partial charge in [0.15, 0.2) is 5.25 Å². The summed E-state index contributed by atoms with van der Waals surface area (Å²) in [5.41, 5.74) is 0. The van der Waals surface area contributed by atoms with Crippen LogP contribution in [0.25, 0.3) is 0 Å². The second kappa shape index (κ2) is 5.43. The van der Waals surface area contributed by atoms with Gasteiger partial charge in [-0.2, -0.15) is 9.57 Å². The Hall–Kier alpha value is -1.83. The Bertz CT molecular complexity index is 619. The Labute approximate surface area is 112 Å². The van der Waals surface area contributed by atoms with Gasteiger partial charge < -0.3 is 4.74 Å². The Morgan fingerprint density at radius 2 is 2.42 bits per heavy atom. The molecular formula is C12H13N3O3S. The van der Waals surface area contributed by atoms with Crippen LogP contribution in [0, 0.1) is 23.2 Å². The summed E-state index contributed by atoms with van der Waals surface area (Å²) in [6.07, 6.45) is 4.02. The van der Waals surface area contributed by atoms with Crippen LogP contribution in [0.2, 0.25) is 0 Å². The minimum absolute atomic E-state index is 0.173. The molecule has 19 heavy (non-hydrogen) atoms. The van der Waals surface area contributed by atoms with Crippen LogP contribution in [0.1, 0.15) is 12.8 Å². The number of sulfonamides is 1. The lowest BCUT2D eigenvalue weighted by molar-refractivity contribution is 0.409. The second-order valence-electron chi connectivity index (χ2n) is 4.11. The van der Waals surface area contributed by atoms with Gasteiger partial charge in [0.25, 0.3) is 5.90 Å². The number of rotatable bonds is 2. The Balaban J connectivity index is 2.28. The lowest BCUT2D eigenvalue weighted by atomic mass is 10.2. The first-order chi connectivity index (χ1) is 9.09. The predicted octanol–water partition coefficient (Wildman–Crippen LogP) is 0.248. The molecule has 2 aliphatic rings. The molecule has 7 heteroatoms.